The average Bonchev–Trinajstić information content (AvgIpc) is 2.47. The molecule has 5 heteroatoms. The summed E-state index contributed by atoms with van der Waals surface area (Å²) in [6.45, 7) is 5.82. The summed E-state index contributed by atoms with van der Waals surface area (Å²) in [4.78, 5) is 25.8. The van der Waals surface area contributed by atoms with E-state index in [0.717, 1.165) is 27.0 Å². The fourth-order valence-electron chi connectivity index (χ4n) is 2.60. The highest BCUT2D eigenvalue weighted by Gasteiger charge is 2.15. The van der Waals surface area contributed by atoms with Crippen LogP contribution in [0.1, 0.15) is 24.5 Å². The summed E-state index contributed by atoms with van der Waals surface area (Å²) in [6, 6.07) is 13.4. The summed E-state index contributed by atoms with van der Waals surface area (Å²) in [6.07, 6.45) is 0.230. The maximum Gasteiger partial charge on any atom is 0.226 e. The zero-order chi connectivity index (χ0) is 17.7. The lowest BCUT2D eigenvalue weighted by Crippen LogP contribution is -2.32. The van der Waals surface area contributed by atoms with Crippen molar-refractivity contribution < 1.29 is 9.59 Å². The predicted octanol–water partition coefficient (Wildman–Crippen LogP) is 4.45. The van der Waals surface area contributed by atoms with Gasteiger partial charge in [-0.05, 0) is 65.2 Å². The zero-order valence-corrected chi connectivity index (χ0v) is 15.7. The molecule has 2 rings (SSSR count). The number of nitrogens with one attached hydrogen (secondary N) is 1. The number of carbonyl (C=O) groups excluding carboxylic acids is 2. The lowest BCUT2D eigenvalue weighted by atomic mass is 10.1. The molecular formula is C19H21BrN2O2. The molecule has 0 saturated carbocycles. The molecule has 0 spiro atoms. The van der Waals surface area contributed by atoms with Crippen LogP contribution < -0.4 is 10.2 Å². The standard InChI is InChI=1S/C19H21BrN2O2/c1-13-10-14(2)12-16(11-13)21-19(24)8-9-22(15(3)23)18-7-5-4-6-17(18)20/h4-7,10-12H,8-9H2,1-3H3,(H,21,24). The molecule has 0 aliphatic carbocycles. The molecule has 0 aliphatic rings. The number of rotatable bonds is 5. The Morgan fingerprint density at radius 2 is 1.71 bits per heavy atom. The van der Waals surface area contributed by atoms with Gasteiger partial charge in [-0.25, -0.2) is 0 Å². The summed E-state index contributed by atoms with van der Waals surface area (Å²) < 4.78 is 0.829. The van der Waals surface area contributed by atoms with E-state index in [1.165, 1.54) is 6.92 Å². The second-order valence-corrected chi connectivity index (χ2v) is 6.65. The van der Waals surface area contributed by atoms with Crippen molar-refractivity contribution in [1.82, 2.24) is 0 Å². The fraction of sp³-hybridized carbons (Fsp3) is 0.263. The minimum Gasteiger partial charge on any atom is -0.326 e. The first-order valence-corrected chi connectivity index (χ1v) is 8.57. The van der Waals surface area contributed by atoms with E-state index in [1.54, 1.807) is 4.90 Å². The van der Waals surface area contributed by atoms with E-state index in [9.17, 15) is 9.59 Å². The first kappa shape index (κ1) is 18.2. The first-order chi connectivity index (χ1) is 11.4. The molecule has 0 unspecified atom stereocenters. The van der Waals surface area contributed by atoms with Gasteiger partial charge in [0, 0.05) is 30.0 Å². The molecule has 126 valence electrons. The summed E-state index contributed by atoms with van der Waals surface area (Å²) in [5, 5.41) is 2.90. The molecule has 1 N–H and O–H groups in total. The van der Waals surface area contributed by atoms with Crippen LogP contribution in [0.5, 0.6) is 0 Å². The summed E-state index contributed by atoms with van der Waals surface area (Å²) in [5.74, 6) is -0.209. The Morgan fingerprint density at radius 1 is 1.08 bits per heavy atom. The van der Waals surface area contributed by atoms with Crippen molar-refractivity contribution in [2.45, 2.75) is 27.2 Å². The minimum atomic E-state index is -0.113. The van der Waals surface area contributed by atoms with Crippen LogP contribution in [0.25, 0.3) is 0 Å². The smallest absolute Gasteiger partial charge is 0.226 e. The Labute approximate surface area is 151 Å². The van der Waals surface area contributed by atoms with Gasteiger partial charge in [0.25, 0.3) is 0 Å². The molecular weight excluding hydrogens is 368 g/mol. The number of hydrogen-bond acceptors (Lipinski definition) is 2. The third-order valence-corrected chi connectivity index (χ3v) is 4.26. The molecule has 24 heavy (non-hydrogen) atoms. The monoisotopic (exact) mass is 388 g/mol. The number of nitrogens with zero attached hydrogens (tertiary/aromatic N) is 1. The van der Waals surface area contributed by atoms with Gasteiger partial charge in [-0.2, -0.15) is 0 Å². The van der Waals surface area contributed by atoms with E-state index in [4.69, 9.17) is 0 Å². The zero-order valence-electron chi connectivity index (χ0n) is 14.1. The minimum absolute atomic E-state index is 0.0962. The maximum absolute atomic E-state index is 12.2. The quantitative estimate of drug-likeness (QED) is 0.822. The van der Waals surface area contributed by atoms with Gasteiger partial charge >= 0.3 is 0 Å². The van der Waals surface area contributed by atoms with Crippen molar-refractivity contribution in [3.05, 3.63) is 58.1 Å². The Kier molecular flexibility index (Phi) is 6.15. The molecule has 0 atom stereocenters. The number of hydrogen-bond donors (Lipinski definition) is 1. The van der Waals surface area contributed by atoms with Crippen molar-refractivity contribution in [2.24, 2.45) is 0 Å². The number of halogens is 1. The molecule has 2 amide bonds. The van der Waals surface area contributed by atoms with Gasteiger partial charge in [-0.3, -0.25) is 9.59 Å². The molecule has 2 aromatic rings. The SMILES string of the molecule is CC(=O)N(CCC(=O)Nc1cc(C)cc(C)c1)c1ccccc1Br. The summed E-state index contributed by atoms with van der Waals surface area (Å²) >= 11 is 3.45. The van der Waals surface area contributed by atoms with Crippen LogP contribution in [0.2, 0.25) is 0 Å². The van der Waals surface area contributed by atoms with Crippen molar-refractivity contribution in [1.29, 1.82) is 0 Å². The molecule has 2 aromatic carbocycles. The Morgan fingerprint density at radius 3 is 2.29 bits per heavy atom. The number of aryl methyl sites for hydroxylation is 2. The van der Waals surface area contributed by atoms with E-state index < -0.39 is 0 Å². The number of carbonyl (C=O) groups is 2. The van der Waals surface area contributed by atoms with Gasteiger partial charge in [0.15, 0.2) is 0 Å². The van der Waals surface area contributed by atoms with E-state index >= 15 is 0 Å². The fourth-order valence-corrected chi connectivity index (χ4v) is 3.10. The Bertz CT molecular complexity index is 739. The average molecular weight is 389 g/mol. The number of benzene rings is 2. The molecule has 0 saturated heterocycles. The van der Waals surface area contributed by atoms with Crippen LogP contribution in [0, 0.1) is 13.8 Å². The molecule has 0 fully saturated rings. The van der Waals surface area contributed by atoms with Crippen molar-refractivity contribution in [3.63, 3.8) is 0 Å². The van der Waals surface area contributed by atoms with Crippen LogP contribution in [0.3, 0.4) is 0 Å². The van der Waals surface area contributed by atoms with Crippen LogP contribution in [0.15, 0.2) is 46.9 Å². The van der Waals surface area contributed by atoms with Gasteiger partial charge in [0.05, 0.1) is 5.69 Å². The lowest BCUT2D eigenvalue weighted by Gasteiger charge is -2.22. The second-order valence-electron chi connectivity index (χ2n) is 5.80. The van der Waals surface area contributed by atoms with Crippen molar-refractivity contribution >= 4 is 39.1 Å². The first-order valence-electron chi connectivity index (χ1n) is 7.77. The number of para-hydroxylation sites is 1. The Balaban J connectivity index is 2.03. The van der Waals surface area contributed by atoms with Gasteiger partial charge < -0.3 is 10.2 Å². The molecule has 0 aromatic heterocycles. The largest absolute Gasteiger partial charge is 0.326 e. The third kappa shape index (κ3) is 4.93. The van der Waals surface area contributed by atoms with Gasteiger partial charge in [0.1, 0.15) is 0 Å². The van der Waals surface area contributed by atoms with Crippen LogP contribution in [0.4, 0.5) is 11.4 Å². The van der Waals surface area contributed by atoms with Crippen molar-refractivity contribution in [2.75, 3.05) is 16.8 Å². The summed E-state index contributed by atoms with van der Waals surface area (Å²) in [7, 11) is 0. The lowest BCUT2D eigenvalue weighted by molar-refractivity contribution is -0.117. The second kappa shape index (κ2) is 8.11. The van der Waals surface area contributed by atoms with Crippen LogP contribution in [-0.4, -0.2) is 18.4 Å². The topological polar surface area (TPSA) is 49.4 Å². The molecule has 0 aliphatic heterocycles. The number of anilines is 2. The van der Waals surface area contributed by atoms with Gasteiger partial charge in [0.2, 0.25) is 11.8 Å². The number of amides is 2. The highest BCUT2D eigenvalue weighted by molar-refractivity contribution is 9.10. The predicted molar refractivity (Wildman–Crippen MR) is 101 cm³/mol. The van der Waals surface area contributed by atoms with Gasteiger partial charge in [-0.15, -0.1) is 0 Å². The molecule has 0 heterocycles. The normalized spacial score (nSPS) is 10.3. The third-order valence-electron chi connectivity index (χ3n) is 3.59. The maximum atomic E-state index is 12.2. The van der Waals surface area contributed by atoms with Crippen LogP contribution in [-0.2, 0) is 9.59 Å². The highest BCUT2D eigenvalue weighted by atomic mass is 79.9. The summed E-state index contributed by atoms with van der Waals surface area (Å²) in [5.41, 5.74) is 3.75. The molecule has 0 bridgehead atoms. The van der Waals surface area contributed by atoms with E-state index in [0.29, 0.717) is 6.54 Å². The van der Waals surface area contributed by atoms with E-state index in [1.807, 2.05) is 50.2 Å². The van der Waals surface area contributed by atoms with Crippen LogP contribution >= 0.6 is 15.9 Å². The van der Waals surface area contributed by atoms with E-state index in [2.05, 4.69) is 27.3 Å². The van der Waals surface area contributed by atoms with Crippen molar-refractivity contribution in [3.8, 4) is 0 Å². The van der Waals surface area contributed by atoms with E-state index in [-0.39, 0.29) is 18.2 Å². The Hall–Kier alpha value is -2.14. The van der Waals surface area contributed by atoms with Gasteiger partial charge in [-0.1, -0.05) is 18.2 Å². The highest BCUT2D eigenvalue weighted by Crippen LogP contribution is 2.26. The molecule has 4 nitrogen and oxygen atoms in total. The molecule has 0 radical (unpaired) electrons.